The van der Waals surface area contributed by atoms with Gasteiger partial charge in [0.2, 0.25) is 5.76 Å². The second-order valence-corrected chi connectivity index (χ2v) is 6.71. The number of hydrogen-bond donors (Lipinski definition) is 1. The maximum atomic E-state index is 12.5. The van der Waals surface area contributed by atoms with Crippen LogP contribution >= 0.6 is 0 Å². The van der Waals surface area contributed by atoms with Crippen LogP contribution in [0.3, 0.4) is 0 Å². The van der Waals surface area contributed by atoms with E-state index in [0.29, 0.717) is 18.1 Å². The van der Waals surface area contributed by atoms with Crippen molar-refractivity contribution in [2.45, 2.75) is 12.5 Å². The van der Waals surface area contributed by atoms with Gasteiger partial charge in [-0.25, -0.2) is 0 Å². The van der Waals surface area contributed by atoms with Gasteiger partial charge in [-0.15, -0.1) is 0 Å². The maximum absolute atomic E-state index is 12.5. The highest BCUT2D eigenvalue weighted by Gasteiger charge is 2.21. The van der Waals surface area contributed by atoms with E-state index in [2.05, 4.69) is 21.4 Å². The van der Waals surface area contributed by atoms with E-state index in [4.69, 9.17) is 13.7 Å². The third kappa shape index (κ3) is 3.59. The van der Waals surface area contributed by atoms with Crippen LogP contribution in [0.25, 0.3) is 11.5 Å². The molecule has 27 heavy (non-hydrogen) atoms. The van der Waals surface area contributed by atoms with E-state index in [1.54, 1.807) is 24.5 Å². The molecule has 1 N–H and O–H groups in total. The molecule has 0 saturated heterocycles. The van der Waals surface area contributed by atoms with Crippen LogP contribution in [0.4, 0.5) is 0 Å². The lowest BCUT2D eigenvalue weighted by Gasteiger charge is -2.25. The number of nitrogens with zero attached hydrogens (tertiary/aromatic N) is 2. The number of aromatic nitrogens is 1. The molecule has 0 bridgehead atoms. The van der Waals surface area contributed by atoms with Crippen LogP contribution in [-0.2, 0) is 6.42 Å². The molecule has 0 spiro atoms. The fraction of sp³-hybridized carbons (Fsp3) is 0.300. The Morgan fingerprint density at radius 1 is 1.26 bits per heavy atom. The molecule has 1 unspecified atom stereocenters. The predicted molar refractivity (Wildman–Crippen MR) is 98.6 cm³/mol. The second-order valence-electron chi connectivity index (χ2n) is 6.71. The lowest BCUT2D eigenvalue weighted by atomic mass is 10.0. The van der Waals surface area contributed by atoms with Crippen molar-refractivity contribution in [3.05, 3.63) is 59.5 Å². The average molecular weight is 367 g/mol. The van der Waals surface area contributed by atoms with E-state index >= 15 is 0 Å². The molecule has 140 valence electrons. The van der Waals surface area contributed by atoms with E-state index in [-0.39, 0.29) is 17.6 Å². The van der Waals surface area contributed by atoms with Crippen molar-refractivity contribution in [3.8, 4) is 17.3 Å². The van der Waals surface area contributed by atoms with Gasteiger partial charge < -0.3 is 23.9 Å². The van der Waals surface area contributed by atoms with Gasteiger partial charge in [0.25, 0.3) is 5.91 Å². The highest BCUT2D eigenvalue weighted by molar-refractivity contribution is 5.92. The zero-order valence-corrected chi connectivity index (χ0v) is 15.3. The van der Waals surface area contributed by atoms with Crippen molar-refractivity contribution in [1.29, 1.82) is 0 Å². The first-order valence-corrected chi connectivity index (χ1v) is 8.82. The zero-order chi connectivity index (χ0) is 18.8. The summed E-state index contributed by atoms with van der Waals surface area (Å²) in [5.41, 5.74) is 2.58. The summed E-state index contributed by atoms with van der Waals surface area (Å²) in [6, 6.07) is 11.3. The minimum Gasteiger partial charge on any atom is -0.493 e. The Balaban J connectivity index is 1.44. The van der Waals surface area contributed by atoms with Crippen molar-refractivity contribution < 1.29 is 18.5 Å². The summed E-state index contributed by atoms with van der Waals surface area (Å²) >= 11 is 0. The highest BCUT2D eigenvalue weighted by atomic mass is 16.5. The molecule has 3 heterocycles. The SMILES string of the molecule is CN(C)C(CNC(=O)c1cc(-c2ccco2)on1)c1ccc2c(c1)CCO2. The van der Waals surface area contributed by atoms with E-state index in [0.717, 1.165) is 24.3 Å². The van der Waals surface area contributed by atoms with Crippen LogP contribution in [0.1, 0.15) is 27.7 Å². The van der Waals surface area contributed by atoms with Gasteiger partial charge in [0, 0.05) is 19.0 Å². The van der Waals surface area contributed by atoms with Gasteiger partial charge >= 0.3 is 0 Å². The minimum atomic E-state index is -0.284. The van der Waals surface area contributed by atoms with Gasteiger partial charge in [0.15, 0.2) is 11.5 Å². The first-order chi connectivity index (χ1) is 13.1. The summed E-state index contributed by atoms with van der Waals surface area (Å²) in [6.45, 7) is 1.18. The average Bonchev–Trinajstić information content (AvgIpc) is 3.40. The number of benzene rings is 1. The van der Waals surface area contributed by atoms with Crippen molar-refractivity contribution in [1.82, 2.24) is 15.4 Å². The van der Waals surface area contributed by atoms with Crippen molar-refractivity contribution in [3.63, 3.8) is 0 Å². The largest absolute Gasteiger partial charge is 0.493 e. The van der Waals surface area contributed by atoms with Gasteiger partial charge in [-0.1, -0.05) is 17.3 Å². The summed E-state index contributed by atoms with van der Waals surface area (Å²) in [6.07, 6.45) is 2.46. The number of carbonyl (C=O) groups excluding carboxylic acids is 1. The Morgan fingerprint density at radius 3 is 2.93 bits per heavy atom. The van der Waals surface area contributed by atoms with Crippen molar-refractivity contribution >= 4 is 5.91 Å². The summed E-state index contributed by atoms with van der Waals surface area (Å²) in [5.74, 6) is 1.63. The normalized spacial score (nSPS) is 14.0. The number of carbonyl (C=O) groups is 1. The summed E-state index contributed by atoms with van der Waals surface area (Å²) < 4.78 is 16.0. The van der Waals surface area contributed by atoms with Crippen molar-refractivity contribution in [2.24, 2.45) is 0 Å². The predicted octanol–water partition coefficient (Wildman–Crippen LogP) is 2.90. The molecule has 7 heteroatoms. The molecule has 7 nitrogen and oxygen atoms in total. The first kappa shape index (κ1) is 17.4. The van der Waals surface area contributed by atoms with E-state index in [1.807, 2.05) is 26.2 Å². The molecule has 0 radical (unpaired) electrons. The number of ether oxygens (including phenoxy) is 1. The van der Waals surface area contributed by atoms with Crippen LogP contribution in [0.5, 0.6) is 5.75 Å². The van der Waals surface area contributed by atoms with Crippen LogP contribution in [0, 0.1) is 0 Å². The van der Waals surface area contributed by atoms with Crippen LogP contribution in [-0.4, -0.2) is 43.2 Å². The molecular formula is C20H21N3O4. The molecule has 1 atom stereocenters. The molecule has 0 fully saturated rings. The summed E-state index contributed by atoms with van der Waals surface area (Å²) in [7, 11) is 3.98. The minimum absolute atomic E-state index is 0.0382. The highest BCUT2D eigenvalue weighted by Crippen LogP contribution is 2.29. The van der Waals surface area contributed by atoms with Crippen LogP contribution in [0.15, 0.2) is 51.6 Å². The van der Waals surface area contributed by atoms with E-state index in [1.165, 1.54) is 5.56 Å². The Labute approximate surface area is 156 Å². The number of nitrogens with one attached hydrogen (secondary N) is 1. The van der Waals surface area contributed by atoms with Crippen LogP contribution < -0.4 is 10.1 Å². The molecule has 4 rings (SSSR count). The van der Waals surface area contributed by atoms with Gasteiger partial charge in [0.1, 0.15) is 5.75 Å². The van der Waals surface area contributed by atoms with E-state index < -0.39 is 0 Å². The number of amides is 1. The Bertz CT molecular complexity index is 931. The Morgan fingerprint density at radius 2 is 2.15 bits per heavy atom. The summed E-state index contributed by atoms with van der Waals surface area (Å²) in [5, 5.41) is 6.78. The van der Waals surface area contributed by atoms with Crippen molar-refractivity contribution in [2.75, 3.05) is 27.2 Å². The molecule has 3 aromatic rings. The third-order valence-electron chi connectivity index (χ3n) is 4.68. The topological polar surface area (TPSA) is 80.7 Å². The smallest absolute Gasteiger partial charge is 0.273 e. The van der Waals surface area contributed by atoms with Gasteiger partial charge in [-0.3, -0.25) is 4.79 Å². The summed E-state index contributed by atoms with van der Waals surface area (Å²) in [4.78, 5) is 14.5. The molecule has 2 aromatic heterocycles. The van der Waals surface area contributed by atoms with Gasteiger partial charge in [-0.2, -0.15) is 0 Å². The quantitative estimate of drug-likeness (QED) is 0.722. The number of furan rings is 1. The standard InChI is InChI=1S/C20H21N3O4/c1-23(2)16(13-5-6-17-14(10-13)7-9-26-17)12-21-20(24)15-11-19(27-22-15)18-4-3-8-25-18/h3-6,8,10-11,16H,7,9,12H2,1-2H3,(H,21,24). The lowest BCUT2D eigenvalue weighted by Crippen LogP contribution is -2.34. The molecular weight excluding hydrogens is 346 g/mol. The fourth-order valence-electron chi connectivity index (χ4n) is 3.21. The monoisotopic (exact) mass is 367 g/mol. The number of fused-ring (bicyclic) bond motifs is 1. The number of likely N-dealkylation sites (N-methyl/N-ethyl adjacent to an activating group) is 1. The molecule has 0 aliphatic carbocycles. The number of rotatable bonds is 6. The Kier molecular flexibility index (Phi) is 4.68. The third-order valence-corrected chi connectivity index (χ3v) is 4.68. The first-order valence-electron chi connectivity index (χ1n) is 8.82. The zero-order valence-electron chi connectivity index (χ0n) is 15.3. The molecule has 1 aliphatic rings. The van der Waals surface area contributed by atoms with Gasteiger partial charge in [0.05, 0.1) is 18.9 Å². The fourth-order valence-corrected chi connectivity index (χ4v) is 3.21. The van der Waals surface area contributed by atoms with E-state index in [9.17, 15) is 4.79 Å². The van der Waals surface area contributed by atoms with Crippen LogP contribution in [0.2, 0.25) is 0 Å². The molecule has 1 aliphatic heterocycles. The second kappa shape index (κ2) is 7.28. The molecule has 1 aromatic carbocycles. The molecule has 0 saturated carbocycles. The Hall–Kier alpha value is -3.06. The lowest BCUT2D eigenvalue weighted by molar-refractivity contribution is 0.0933. The molecule has 1 amide bonds. The van der Waals surface area contributed by atoms with Gasteiger partial charge in [-0.05, 0) is 43.4 Å². The maximum Gasteiger partial charge on any atom is 0.273 e. The number of hydrogen-bond acceptors (Lipinski definition) is 6.